The van der Waals surface area contributed by atoms with E-state index in [1.165, 1.54) is 0 Å². The molecule has 0 aliphatic heterocycles. The number of carbonyl (C=O) groups is 1. The Kier molecular flexibility index (Phi) is 5.45. The Morgan fingerprint density at radius 2 is 1.91 bits per heavy atom. The number of carbonyl (C=O) groups excluding carboxylic acids is 1. The molecule has 3 nitrogen and oxygen atoms in total. The molecule has 1 aromatic carbocycles. The third-order valence-corrected chi connectivity index (χ3v) is 4.34. The van der Waals surface area contributed by atoms with Crippen molar-refractivity contribution in [1.29, 1.82) is 0 Å². The molecule has 116 valence electrons. The van der Waals surface area contributed by atoms with Crippen molar-refractivity contribution in [1.82, 2.24) is 10.3 Å². The highest BCUT2D eigenvalue weighted by Gasteiger charge is 2.19. The lowest BCUT2D eigenvalue weighted by atomic mass is 10.0. The molecule has 0 aliphatic carbocycles. The van der Waals surface area contributed by atoms with Crippen LogP contribution in [0.5, 0.6) is 0 Å². The van der Waals surface area contributed by atoms with Crippen molar-refractivity contribution < 1.29 is 4.79 Å². The van der Waals surface area contributed by atoms with Crippen molar-refractivity contribution in [2.24, 2.45) is 0 Å². The molecule has 0 aliphatic rings. The summed E-state index contributed by atoms with van der Waals surface area (Å²) in [6.45, 7) is 6.07. The van der Waals surface area contributed by atoms with E-state index in [0.29, 0.717) is 10.6 Å². The van der Waals surface area contributed by atoms with Crippen LogP contribution in [0.15, 0.2) is 36.4 Å². The number of hydrogen-bond acceptors (Lipinski definition) is 2. The van der Waals surface area contributed by atoms with Crippen molar-refractivity contribution in [3.05, 3.63) is 50.7 Å². The van der Waals surface area contributed by atoms with E-state index >= 15 is 0 Å². The van der Waals surface area contributed by atoms with E-state index in [0.717, 1.165) is 21.4 Å². The molecule has 22 heavy (non-hydrogen) atoms. The van der Waals surface area contributed by atoms with Crippen molar-refractivity contribution in [3.63, 3.8) is 0 Å². The first kappa shape index (κ1) is 17.2. The Hall–Kier alpha value is -1.14. The minimum atomic E-state index is -0.230. The van der Waals surface area contributed by atoms with Gasteiger partial charge >= 0.3 is 0 Å². The minimum absolute atomic E-state index is 0.0811. The van der Waals surface area contributed by atoms with Crippen LogP contribution in [-0.4, -0.2) is 16.4 Å². The Bertz CT molecular complexity index is 684. The van der Waals surface area contributed by atoms with Gasteiger partial charge in [0.2, 0.25) is 0 Å². The molecule has 1 N–H and O–H groups in total. The average Bonchev–Trinajstić information content (AvgIpc) is 2.47. The highest BCUT2D eigenvalue weighted by Crippen LogP contribution is 2.22. The Morgan fingerprint density at radius 3 is 2.50 bits per heavy atom. The molecule has 5 heteroatoms. The maximum Gasteiger partial charge on any atom is 0.251 e. The van der Waals surface area contributed by atoms with Crippen LogP contribution in [0.4, 0.5) is 0 Å². The summed E-state index contributed by atoms with van der Waals surface area (Å²) in [5.41, 5.74) is 2.09. The van der Waals surface area contributed by atoms with E-state index < -0.39 is 0 Å². The number of hydrogen-bond donors (Lipinski definition) is 1. The highest BCUT2D eigenvalue weighted by molar-refractivity contribution is 14.1. The summed E-state index contributed by atoms with van der Waals surface area (Å²) in [4.78, 5) is 16.9. The zero-order chi connectivity index (χ0) is 16.3. The Labute approximate surface area is 149 Å². The van der Waals surface area contributed by atoms with Gasteiger partial charge in [-0.1, -0.05) is 30.7 Å². The summed E-state index contributed by atoms with van der Waals surface area (Å²) in [6.07, 6.45) is 0.866. The second-order valence-corrected chi connectivity index (χ2v) is 7.30. The zero-order valence-corrected chi connectivity index (χ0v) is 15.7. The summed E-state index contributed by atoms with van der Waals surface area (Å²) in [5.74, 6) is -0.0811. The van der Waals surface area contributed by atoms with Gasteiger partial charge in [-0.3, -0.25) is 4.79 Å². The van der Waals surface area contributed by atoms with Crippen molar-refractivity contribution in [3.8, 4) is 11.3 Å². The first-order valence-electron chi connectivity index (χ1n) is 7.07. The summed E-state index contributed by atoms with van der Waals surface area (Å²) >= 11 is 8.04. The van der Waals surface area contributed by atoms with Crippen LogP contribution < -0.4 is 5.32 Å². The van der Waals surface area contributed by atoms with Crippen LogP contribution in [0.1, 0.15) is 37.6 Å². The molecule has 0 atom stereocenters. The normalized spacial score (nSPS) is 11.3. The molecule has 0 bridgehead atoms. The smallest absolute Gasteiger partial charge is 0.251 e. The average molecular weight is 429 g/mol. The van der Waals surface area contributed by atoms with Gasteiger partial charge in [0.25, 0.3) is 5.91 Å². The van der Waals surface area contributed by atoms with Crippen LogP contribution in [0.25, 0.3) is 11.3 Å². The lowest BCUT2D eigenvalue weighted by molar-refractivity contribution is 0.0911. The SMILES string of the molecule is CCC(C)(C)NC(=O)c1cc(I)nc(-c2ccc(Cl)cc2)c1. The lowest BCUT2D eigenvalue weighted by Gasteiger charge is -2.24. The number of amides is 1. The molecular weight excluding hydrogens is 411 g/mol. The Balaban J connectivity index is 2.34. The monoisotopic (exact) mass is 428 g/mol. The van der Waals surface area contributed by atoms with E-state index in [4.69, 9.17) is 11.6 Å². The molecule has 1 aromatic heterocycles. The number of rotatable bonds is 4. The Morgan fingerprint density at radius 1 is 1.27 bits per heavy atom. The summed E-state index contributed by atoms with van der Waals surface area (Å²) in [5, 5.41) is 3.72. The summed E-state index contributed by atoms with van der Waals surface area (Å²) < 4.78 is 0.782. The van der Waals surface area contributed by atoms with Gasteiger partial charge in [0.1, 0.15) is 3.70 Å². The summed E-state index contributed by atoms with van der Waals surface area (Å²) in [6, 6.07) is 11.0. The van der Waals surface area contributed by atoms with Gasteiger partial charge in [-0.05, 0) is 67.1 Å². The molecule has 0 unspecified atom stereocenters. The van der Waals surface area contributed by atoms with Gasteiger partial charge in [0.05, 0.1) is 5.69 Å². The molecule has 1 heterocycles. The quantitative estimate of drug-likeness (QED) is 0.554. The van der Waals surface area contributed by atoms with Gasteiger partial charge in [0, 0.05) is 21.7 Å². The van der Waals surface area contributed by atoms with Gasteiger partial charge in [-0.15, -0.1) is 0 Å². The first-order chi connectivity index (χ1) is 10.3. The second-order valence-electron chi connectivity index (χ2n) is 5.76. The van der Waals surface area contributed by atoms with Crippen LogP contribution in [-0.2, 0) is 0 Å². The topological polar surface area (TPSA) is 42.0 Å². The lowest BCUT2D eigenvalue weighted by Crippen LogP contribution is -2.42. The van der Waals surface area contributed by atoms with E-state index in [1.54, 1.807) is 6.07 Å². The van der Waals surface area contributed by atoms with Crippen molar-refractivity contribution >= 4 is 40.1 Å². The van der Waals surface area contributed by atoms with Crippen LogP contribution >= 0.6 is 34.2 Å². The minimum Gasteiger partial charge on any atom is -0.347 e. The number of halogens is 2. The first-order valence-corrected chi connectivity index (χ1v) is 8.52. The summed E-state index contributed by atoms with van der Waals surface area (Å²) in [7, 11) is 0. The fraction of sp³-hybridized carbons (Fsp3) is 0.294. The van der Waals surface area contributed by atoms with Crippen molar-refractivity contribution in [2.75, 3.05) is 0 Å². The standard InChI is InChI=1S/C17H18ClIN2O/c1-4-17(2,3)21-16(22)12-9-14(20-15(19)10-12)11-5-7-13(18)8-6-11/h5-10H,4H2,1-3H3,(H,21,22). The number of nitrogens with zero attached hydrogens (tertiary/aromatic N) is 1. The van der Waals surface area contributed by atoms with Gasteiger partial charge < -0.3 is 5.32 Å². The molecule has 0 saturated heterocycles. The predicted octanol–water partition coefficient (Wildman–Crippen LogP) is 4.93. The van der Waals surface area contributed by atoms with Crippen molar-refractivity contribution in [2.45, 2.75) is 32.7 Å². The number of benzene rings is 1. The second kappa shape index (κ2) is 6.96. The molecule has 0 saturated carbocycles. The highest BCUT2D eigenvalue weighted by atomic mass is 127. The maximum atomic E-state index is 12.4. The molecular formula is C17H18ClIN2O. The van der Waals surface area contributed by atoms with E-state index in [1.807, 2.05) is 44.2 Å². The van der Waals surface area contributed by atoms with Gasteiger partial charge in [-0.25, -0.2) is 4.98 Å². The molecule has 2 aromatic rings. The molecule has 2 rings (SSSR count). The van der Waals surface area contributed by atoms with E-state index in [2.05, 4.69) is 39.8 Å². The number of pyridine rings is 1. The van der Waals surface area contributed by atoms with Gasteiger partial charge in [0.15, 0.2) is 0 Å². The molecule has 0 radical (unpaired) electrons. The fourth-order valence-electron chi connectivity index (χ4n) is 1.86. The van der Waals surface area contributed by atoms with Crippen LogP contribution in [0, 0.1) is 3.70 Å². The largest absolute Gasteiger partial charge is 0.347 e. The third kappa shape index (κ3) is 4.43. The zero-order valence-electron chi connectivity index (χ0n) is 12.8. The maximum absolute atomic E-state index is 12.4. The number of aromatic nitrogens is 1. The van der Waals surface area contributed by atoms with Crippen LogP contribution in [0.3, 0.4) is 0 Å². The fourth-order valence-corrected chi connectivity index (χ4v) is 2.59. The predicted molar refractivity (Wildman–Crippen MR) is 99.2 cm³/mol. The number of nitrogens with one attached hydrogen (secondary N) is 1. The van der Waals surface area contributed by atoms with E-state index in [-0.39, 0.29) is 11.4 Å². The van der Waals surface area contributed by atoms with Gasteiger partial charge in [-0.2, -0.15) is 0 Å². The van der Waals surface area contributed by atoms with E-state index in [9.17, 15) is 4.79 Å². The van der Waals surface area contributed by atoms with Crippen LogP contribution in [0.2, 0.25) is 5.02 Å². The molecule has 0 spiro atoms. The molecule has 0 fully saturated rings. The third-order valence-electron chi connectivity index (χ3n) is 3.53. The molecule has 1 amide bonds.